The molecule has 2 rings (SSSR count). The highest BCUT2D eigenvalue weighted by molar-refractivity contribution is 5.99. The molecule has 2 unspecified atom stereocenters. The quantitative estimate of drug-likeness (QED) is 0.723. The van der Waals surface area contributed by atoms with E-state index in [1.54, 1.807) is 0 Å². The van der Waals surface area contributed by atoms with Crippen molar-refractivity contribution in [2.45, 2.75) is 20.3 Å². The van der Waals surface area contributed by atoms with E-state index in [1.807, 2.05) is 24.3 Å². The molecule has 86 valence electrons. The minimum Gasteiger partial charge on any atom is -0.375 e. The Kier molecular flexibility index (Phi) is 2.99. The maximum absolute atomic E-state index is 12.0. The number of hydrogen-bond donors (Lipinski definition) is 0. The van der Waals surface area contributed by atoms with Gasteiger partial charge in [-0.25, -0.2) is 0 Å². The van der Waals surface area contributed by atoms with Gasteiger partial charge in [-0.2, -0.15) is 0 Å². The Labute approximate surface area is 97.3 Å². The minimum atomic E-state index is 0.287. The maximum Gasteiger partial charge on any atom is 0.166 e. The van der Waals surface area contributed by atoms with Gasteiger partial charge in [0.25, 0.3) is 0 Å². The first-order valence-corrected chi connectivity index (χ1v) is 5.99. The largest absolute Gasteiger partial charge is 0.375 e. The number of carbonyl (C=O) groups excluding carboxylic acids is 1. The van der Waals surface area contributed by atoms with Crippen LogP contribution in [0.25, 0.3) is 0 Å². The van der Waals surface area contributed by atoms with Gasteiger partial charge in [-0.3, -0.25) is 4.79 Å². The molecule has 1 aliphatic rings. The summed E-state index contributed by atoms with van der Waals surface area (Å²) in [6, 6.07) is 7.97. The lowest BCUT2D eigenvalue weighted by atomic mass is 10.1. The minimum absolute atomic E-state index is 0.287. The van der Waals surface area contributed by atoms with Crippen molar-refractivity contribution in [1.29, 1.82) is 0 Å². The van der Waals surface area contributed by atoms with E-state index in [0.717, 1.165) is 18.5 Å². The van der Waals surface area contributed by atoms with Crippen LogP contribution in [0.2, 0.25) is 0 Å². The Morgan fingerprint density at radius 1 is 1.38 bits per heavy atom. The Hall–Kier alpha value is -1.31. The summed E-state index contributed by atoms with van der Waals surface area (Å²) >= 11 is 0. The molecule has 0 saturated heterocycles. The van der Waals surface area contributed by atoms with E-state index < -0.39 is 0 Å². The molecule has 2 heteroatoms. The van der Waals surface area contributed by atoms with Crippen LogP contribution in [0, 0.1) is 11.8 Å². The fourth-order valence-corrected chi connectivity index (χ4v) is 1.96. The van der Waals surface area contributed by atoms with Crippen LogP contribution in [0.15, 0.2) is 24.3 Å². The van der Waals surface area contributed by atoms with E-state index in [4.69, 9.17) is 0 Å². The summed E-state index contributed by atoms with van der Waals surface area (Å²) in [5.74, 6) is 1.19. The molecule has 1 fully saturated rings. The molecule has 0 radical (unpaired) electrons. The van der Waals surface area contributed by atoms with Crippen LogP contribution in [0.5, 0.6) is 0 Å². The number of anilines is 1. The van der Waals surface area contributed by atoms with Gasteiger partial charge in [-0.15, -0.1) is 0 Å². The normalized spacial score (nSPS) is 22.9. The molecular formula is C14H19NO. The first-order chi connectivity index (χ1) is 7.63. The molecule has 1 saturated carbocycles. The number of hydrogen-bond acceptors (Lipinski definition) is 2. The fourth-order valence-electron chi connectivity index (χ4n) is 1.96. The molecule has 0 heterocycles. The fraction of sp³-hybridized carbons (Fsp3) is 0.500. The molecule has 0 aliphatic heterocycles. The summed E-state index contributed by atoms with van der Waals surface area (Å²) in [6.07, 6.45) is 1.06. The second kappa shape index (κ2) is 4.28. The highest BCUT2D eigenvalue weighted by Crippen LogP contribution is 2.40. The zero-order valence-corrected chi connectivity index (χ0v) is 10.2. The van der Waals surface area contributed by atoms with Gasteiger partial charge in [0.05, 0.1) is 0 Å². The molecule has 0 N–H and O–H groups in total. The Bertz CT molecular complexity index is 382. The molecule has 0 spiro atoms. The summed E-state index contributed by atoms with van der Waals surface area (Å²) in [5.41, 5.74) is 2.03. The standard InChI is InChI=1S/C14H19NO/c1-4-15(3)12-7-5-11(6-8-12)14(16)13-9-10(13)2/h5-8,10,13H,4,9H2,1-3H3. The molecule has 16 heavy (non-hydrogen) atoms. The molecular weight excluding hydrogens is 198 g/mol. The lowest BCUT2D eigenvalue weighted by molar-refractivity contribution is 0.0962. The van der Waals surface area contributed by atoms with Gasteiger partial charge < -0.3 is 4.90 Å². The molecule has 1 aromatic rings. The van der Waals surface area contributed by atoms with Crippen LogP contribution < -0.4 is 4.90 Å². The Morgan fingerprint density at radius 2 is 1.94 bits per heavy atom. The van der Waals surface area contributed by atoms with Gasteiger partial charge >= 0.3 is 0 Å². The van der Waals surface area contributed by atoms with E-state index in [2.05, 4.69) is 25.8 Å². The number of benzene rings is 1. The lowest BCUT2D eigenvalue weighted by Crippen LogP contribution is -2.15. The van der Waals surface area contributed by atoms with Crippen LogP contribution in [0.1, 0.15) is 30.6 Å². The molecule has 0 amide bonds. The van der Waals surface area contributed by atoms with Crippen LogP contribution in [-0.4, -0.2) is 19.4 Å². The van der Waals surface area contributed by atoms with Crippen LogP contribution in [-0.2, 0) is 0 Å². The average molecular weight is 217 g/mol. The van der Waals surface area contributed by atoms with Crippen molar-refractivity contribution >= 4 is 11.5 Å². The SMILES string of the molecule is CCN(C)c1ccc(C(=O)C2CC2C)cc1. The second-order valence-electron chi connectivity index (χ2n) is 4.74. The van der Waals surface area contributed by atoms with Gasteiger partial charge in [0, 0.05) is 30.8 Å². The molecule has 1 aromatic carbocycles. The number of nitrogens with zero attached hydrogens (tertiary/aromatic N) is 1. The zero-order valence-electron chi connectivity index (χ0n) is 10.2. The summed E-state index contributed by atoms with van der Waals surface area (Å²) in [7, 11) is 2.06. The third kappa shape index (κ3) is 2.11. The molecule has 0 bridgehead atoms. The second-order valence-corrected chi connectivity index (χ2v) is 4.74. The van der Waals surface area contributed by atoms with E-state index in [1.165, 1.54) is 5.69 Å². The predicted octanol–water partition coefficient (Wildman–Crippen LogP) is 2.98. The van der Waals surface area contributed by atoms with Crippen molar-refractivity contribution in [3.05, 3.63) is 29.8 Å². The van der Waals surface area contributed by atoms with E-state index in [-0.39, 0.29) is 5.92 Å². The lowest BCUT2D eigenvalue weighted by Gasteiger charge is -2.16. The molecule has 2 atom stereocenters. The predicted molar refractivity (Wildman–Crippen MR) is 67.0 cm³/mol. The van der Waals surface area contributed by atoms with Gasteiger partial charge in [-0.05, 0) is 43.5 Å². The highest BCUT2D eigenvalue weighted by Gasteiger charge is 2.39. The maximum atomic E-state index is 12.0. The van der Waals surface area contributed by atoms with Crippen molar-refractivity contribution in [2.75, 3.05) is 18.5 Å². The summed E-state index contributed by atoms with van der Waals surface area (Å²) in [5, 5.41) is 0. The van der Waals surface area contributed by atoms with Gasteiger partial charge in [-0.1, -0.05) is 6.92 Å². The van der Waals surface area contributed by atoms with Gasteiger partial charge in [0.1, 0.15) is 0 Å². The first kappa shape index (κ1) is 11.2. The van der Waals surface area contributed by atoms with Gasteiger partial charge in [0.15, 0.2) is 5.78 Å². The van der Waals surface area contributed by atoms with Crippen LogP contribution in [0.3, 0.4) is 0 Å². The zero-order chi connectivity index (χ0) is 11.7. The van der Waals surface area contributed by atoms with E-state index in [0.29, 0.717) is 11.7 Å². The number of carbonyl (C=O) groups is 1. The smallest absolute Gasteiger partial charge is 0.166 e. The van der Waals surface area contributed by atoms with Gasteiger partial charge in [0.2, 0.25) is 0 Å². The topological polar surface area (TPSA) is 20.3 Å². The number of ketones is 1. The summed E-state index contributed by atoms with van der Waals surface area (Å²) in [6.45, 7) is 5.24. The van der Waals surface area contributed by atoms with Crippen molar-refractivity contribution in [1.82, 2.24) is 0 Å². The molecule has 2 nitrogen and oxygen atoms in total. The van der Waals surface area contributed by atoms with Crippen molar-refractivity contribution in [3.63, 3.8) is 0 Å². The van der Waals surface area contributed by atoms with Crippen LogP contribution >= 0.6 is 0 Å². The monoisotopic (exact) mass is 217 g/mol. The molecule has 1 aliphatic carbocycles. The van der Waals surface area contributed by atoms with E-state index in [9.17, 15) is 4.79 Å². The number of rotatable bonds is 4. The highest BCUT2D eigenvalue weighted by atomic mass is 16.1. The summed E-state index contributed by atoms with van der Waals surface area (Å²) in [4.78, 5) is 14.1. The number of Topliss-reactive ketones (excluding diaryl/α,β-unsaturated/α-hetero) is 1. The van der Waals surface area contributed by atoms with Crippen LogP contribution in [0.4, 0.5) is 5.69 Å². The van der Waals surface area contributed by atoms with Crippen molar-refractivity contribution in [3.8, 4) is 0 Å². The average Bonchev–Trinajstić information content (AvgIpc) is 3.04. The third-order valence-electron chi connectivity index (χ3n) is 3.51. The summed E-state index contributed by atoms with van der Waals surface area (Å²) < 4.78 is 0. The Balaban J connectivity index is 2.10. The Morgan fingerprint density at radius 3 is 2.38 bits per heavy atom. The first-order valence-electron chi connectivity index (χ1n) is 5.99. The third-order valence-corrected chi connectivity index (χ3v) is 3.51. The van der Waals surface area contributed by atoms with E-state index >= 15 is 0 Å². The molecule has 0 aromatic heterocycles. The van der Waals surface area contributed by atoms with Crippen molar-refractivity contribution < 1.29 is 4.79 Å². The van der Waals surface area contributed by atoms with Crippen molar-refractivity contribution in [2.24, 2.45) is 11.8 Å².